The summed E-state index contributed by atoms with van der Waals surface area (Å²) in [6, 6.07) is 0. The Morgan fingerprint density at radius 1 is 1.59 bits per heavy atom. The number of carbonyl (C=O) groups is 2. The van der Waals surface area contributed by atoms with Crippen molar-refractivity contribution in [3.63, 3.8) is 0 Å². The molecule has 0 aliphatic carbocycles. The van der Waals surface area contributed by atoms with Crippen LogP contribution in [0.25, 0.3) is 0 Å². The molecule has 3 N–H and O–H groups in total. The second-order valence-electron chi connectivity index (χ2n) is 3.47. The van der Waals surface area contributed by atoms with E-state index in [1.54, 1.807) is 0 Å². The van der Waals surface area contributed by atoms with Gasteiger partial charge in [0.2, 0.25) is 5.91 Å². The lowest BCUT2D eigenvalue weighted by Gasteiger charge is -2.22. The number of aliphatic carboxylic acids is 1. The summed E-state index contributed by atoms with van der Waals surface area (Å²) in [6.07, 6.45) is 1.21. The van der Waals surface area contributed by atoms with E-state index >= 15 is 0 Å². The average Bonchev–Trinajstić information content (AvgIpc) is 2.27. The highest BCUT2D eigenvalue weighted by molar-refractivity contribution is 5.81. The average molecular weight is 244 g/mol. The van der Waals surface area contributed by atoms with Crippen LogP contribution < -0.4 is 5.73 Å². The third kappa shape index (κ3) is 6.70. The smallest absolute Gasteiger partial charge is 0.323 e. The van der Waals surface area contributed by atoms with Crippen LogP contribution in [0.1, 0.15) is 13.3 Å². The number of hydrogen-bond donors (Lipinski definition) is 2. The van der Waals surface area contributed by atoms with Crippen LogP contribution in [0, 0.1) is 0 Å². The van der Waals surface area contributed by atoms with Crippen molar-refractivity contribution in [1.82, 2.24) is 4.90 Å². The molecule has 0 heterocycles. The van der Waals surface area contributed by atoms with Gasteiger partial charge < -0.3 is 20.5 Å². The molecule has 0 saturated heterocycles. The molecule has 0 aliphatic rings. The summed E-state index contributed by atoms with van der Waals surface area (Å²) in [4.78, 5) is 23.6. The number of nitrogens with two attached hydrogens (primary N) is 1. The molecule has 0 rings (SSSR count). The normalized spacial score (nSPS) is 11.9. The van der Waals surface area contributed by atoms with Gasteiger partial charge in [-0.25, -0.2) is 0 Å². The van der Waals surface area contributed by atoms with E-state index in [4.69, 9.17) is 15.6 Å². The fraction of sp³-hybridized carbons (Fsp3) is 0.636. The number of carboxylic acids is 1. The van der Waals surface area contributed by atoms with Gasteiger partial charge in [-0.3, -0.25) is 9.59 Å². The number of amides is 1. The van der Waals surface area contributed by atoms with Crippen molar-refractivity contribution in [2.24, 2.45) is 5.73 Å². The number of hydrogen-bond acceptors (Lipinski definition) is 4. The lowest BCUT2D eigenvalue weighted by atomic mass is 10.2. The summed E-state index contributed by atoms with van der Waals surface area (Å²) in [6.45, 7) is 5.86. The lowest BCUT2D eigenvalue weighted by molar-refractivity contribution is -0.145. The van der Waals surface area contributed by atoms with Crippen LogP contribution in [0.2, 0.25) is 0 Å². The molecule has 1 atom stereocenters. The predicted molar refractivity (Wildman–Crippen MR) is 63.5 cm³/mol. The lowest BCUT2D eigenvalue weighted by Crippen LogP contribution is -2.39. The zero-order chi connectivity index (χ0) is 13.3. The standard InChI is InChI=1S/C11H20N2O4/c1-3-5-13(8-11(15)16)10(14)6-9(7-12)17-4-2/h3,9H,1,4-8,12H2,2H3,(H,15,16). The summed E-state index contributed by atoms with van der Waals surface area (Å²) >= 11 is 0. The Kier molecular flexibility index (Phi) is 8.00. The first kappa shape index (κ1) is 15.6. The van der Waals surface area contributed by atoms with Gasteiger partial charge in [0.05, 0.1) is 12.5 Å². The van der Waals surface area contributed by atoms with Crippen molar-refractivity contribution in [3.05, 3.63) is 12.7 Å². The van der Waals surface area contributed by atoms with Crippen molar-refractivity contribution in [3.8, 4) is 0 Å². The zero-order valence-corrected chi connectivity index (χ0v) is 10.1. The van der Waals surface area contributed by atoms with Crippen LogP contribution in [0.5, 0.6) is 0 Å². The maximum atomic E-state index is 11.8. The fourth-order valence-corrected chi connectivity index (χ4v) is 1.34. The van der Waals surface area contributed by atoms with Crippen LogP contribution in [-0.4, -0.2) is 54.2 Å². The molecule has 0 fully saturated rings. The quantitative estimate of drug-likeness (QED) is 0.550. The van der Waals surface area contributed by atoms with E-state index < -0.39 is 5.97 Å². The molecule has 0 spiro atoms. The third-order valence-corrected chi connectivity index (χ3v) is 2.10. The fourth-order valence-electron chi connectivity index (χ4n) is 1.34. The van der Waals surface area contributed by atoms with Crippen LogP contribution in [0.3, 0.4) is 0 Å². The Morgan fingerprint density at radius 3 is 2.65 bits per heavy atom. The molecular weight excluding hydrogens is 224 g/mol. The number of ether oxygens (including phenoxy) is 1. The van der Waals surface area contributed by atoms with Crippen LogP contribution >= 0.6 is 0 Å². The third-order valence-electron chi connectivity index (χ3n) is 2.10. The van der Waals surface area contributed by atoms with Crippen molar-refractivity contribution in [1.29, 1.82) is 0 Å². The van der Waals surface area contributed by atoms with Gasteiger partial charge in [-0.2, -0.15) is 0 Å². The molecule has 0 radical (unpaired) electrons. The van der Waals surface area contributed by atoms with E-state index in [0.717, 1.165) is 0 Å². The van der Waals surface area contributed by atoms with Gasteiger partial charge in [0.25, 0.3) is 0 Å². The molecule has 17 heavy (non-hydrogen) atoms. The second-order valence-corrected chi connectivity index (χ2v) is 3.47. The van der Waals surface area contributed by atoms with E-state index in [9.17, 15) is 9.59 Å². The molecule has 0 aliphatic heterocycles. The van der Waals surface area contributed by atoms with Crippen molar-refractivity contribution in [2.45, 2.75) is 19.4 Å². The van der Waals surface area contributed by atoms with Crippen molar-refractivity contribution < 1.29 is 19.4 Å². The Morgan fingerprint density at radius 2 is 2.24 bits per heavy atom. The molecule has 0 bridgehead atoms. The van der Waals surface area contributed by atoms with E-state index in [2.05, 4.69) is 6.58 Å². The molecule has 6 nitrogen and oxygen atoms in total. The highest BCUT2D eigenvalue weighted by Gasteiger charge is 2.19. The summed E-state index contributed by atoms with van der Waals surface area (Å²) in [5.41, 5.74) is 5.45. The van der Waals surface area contributed by atoms with Crippen LogP contribution in [0.4, 0.5) is 0 Å². The first-order chi connectivity index (χ1) is 8.04. The van der Waals surface area contributed by atoms with Gasteiger partial charge in [-0.05, 0) is 6.92 Å². The molecule has 0 aromatic rings. The molecule has 0 saturated carbocycles. The first-order valence-electron chi connectivity index (χ1n) is 5.47. The largest absolute Gasteiger partial charge is 0.480 e. The van der Waals surface area contributed by atoms with Gasteiger partial charge in [-0.15, -0.1) is 6.58 Å². The zero-order valence-electron chi connectivity index (χ0n) is 10.1. The van der Waals surface area contributed by atoms with Gasteiger partial charge >= 0.3 is 5.97 Å². The minimum Gasteiger partial charge on any atom is -0.480 e. The maximum absolute atomic E-state index is 11.8. The monoisotopic (exact) mass is 244 g/mol. The summed E-state index contributed by atoms with van der Waals surface area (Å²) in [5.74, 6) is -1.35. The number of carboxylic acid groups (broad SMARTS) is 1. The summed E-state index contributed by atoms with van der Waals surface area (Å²) < 4.78 is 5.25. The molecular formula is C11H20N2O4. The maximum Gasteiger partial charge on any atom is 0.323 e. The first-order valence-corrected chi connectivity index (χ1v) is 5.47. The van der Waals surface area contributed by atoms with E-state index in [1.165, 1.54) is 11.0 Å². The van der Waals surface area contributed by atoms with Gasteiger partial charge in [0.15, 0.2) is 0 Å². The summed E-state index contributed by atoms with van der Waals surface area (Å²) in [5, 5.41) is 8.67. The second kappa shape index (κ2) is 8.72. The molecule has 0 aromatic heterocycles. The van der Waals surface area contributed by atoms with Crippen molar-refractivity contribution >= 4 is 11.9 Å². The predicted octanol–water partition coefficient (Wildman–Crippen LogP) is -0.160. The Bertz CT molecular complexity index is 268. The molecule has 98 valence electrons. The molecule has 0 aromatic carbocycles. The van der Waals surface area contributed by atoms with Gasteiger partial charge in [-0.1, -0.05) is 6.08 Å². The summed E-state index contributed by atoms with van der Waals surface area (Å²) in [7, 11) is 0. The Labute approximate surface area is 101 Å². The molecule has 1 unspecified atom stereocenters. The highest BCUT2D eigenvalue weighted by Crippen LogP contribution is 2.02. The van der Waals surface area contributed by atoms with E-state index in [-0.39, 0.29) is 38.1 Å². The SMILES string of the molecule is C=CCN(CC(=O)O)C(=O)CC(CN)OCC. The molecule has 1 amide bonds. The van der Waals surface area contributed by atoms with Gasteiger partial charge in [0, 0.05) is 19.7 Å². The Hall–Kier alpha value is -1.40. The van der Waals surface area contributed by atoms with Gasteiger partial charge in [0.1, 0.15) is 6.54 Å². The number of rotatable bonds is 9. The highest BCUT2D eigenvalue weighted by atomic mass is 16.5. The minimum absolute atomic E-state index is 0.0888. The minimum atomic E-state index is -1.05. The number of nitrogens with zero attached hydrogens (tertiary/aromatic N) is 1. The Balaban J connectivity index is 4.38. The topological polar surface area (TPSA) is 92.9 Å². The van der Waals surface area contributed by atoms with Crippen LogP contribution in [0.15, 0.2) is 12.7 Å². The number of carbonyl (C=O) groups excluding carboxylic acids is 1. The van der Waals surface area contributed by atoms with Crippen LogP contribution in [-0.2, 0) is 14.3 Å². The van der Waals surface area contributed by atoms with E-state index in [1.807, 2.05) is 6.92 Å². The van der Waals surface area contributed by atoms with Crippen molar-refractivity contribution in [2.75, 3.05) is 26.2 Å². The van der Waals surface area contributed by atoms with E-state index in [0.29, 0.717) is 6.61 Å². The molecule has 6 heteroatoms.